The smallest absolute Gasteiger partial charge is 0.329 e. The fourth-order valence-corrected chi connectivity index (χ4v) is 3.09. The highest BCUT2D eigenvalue weighted by atomic mass is 16.5. The Morgan fingerprint density at radius 2 is 2.14 bits per heavy atom. The number of rotatable bonds is 9. The molecule has 0 saturated carbocycles. The van der Waals surface area contributed by atoms with Crippen LogP contribution in [0.25, 0.3) is 11.2 Å². The van der Waals surface area contributed by atoms with Gasteiger partial charge in [-0.25, -0.2) is 4.79 Å². The number of anilines is 1. The minimum absolute atomic E-state index is 0.0567. The molecule has 2 heterocycles. The molecule has 3 rings (SSSR count). The zero-order valence-corrected chi connectivity index (χ0v) is 16.9. The van der Waals surface area contributed by atoms with Gasteiger partial charge in [-0.3, -0.25) is 14.3 Å². The average molecular weight is 401 g/mol. The number of imidazole rings is 1. The summed E-state index contributed by atoms with van der Waals surface area (Å²) in [5.41, 5.74) is 0.499. The second kappa shape index (κ2) is 8.95. The van der Waals surface area contributed by atoms with Gasteiger partial charge in [-0.2, -0.15) is 4.98 Å². The number of ether oxygens (including phenoxy) is 1. The standard InChI is InChI=1S/C20H27N5O4/c1-4-5-9-21-19-22-17-16(18(27)23-20(28)24(17)3)25(19)11-14(26)12-29-15-8-6-7-13(2)10-15/h6-8,10,14,26H,4-5,9,11-12H2,1-3H3,(H,21,22)(H,23,27,28)/t14-/m1/s1. The van der Waals surface area contributed by atoms with Crippen molar-refractivity contribution in [1.29, 1.82) is 0 Å². The maximum absolute atomic E-state index is 12.4. The summed E-state index contributed by atoms with van der Waals surface area (Å²) in [5, 5.41) is 13.7. The molecule has 0 spiro atoms. The molecule has 156 valence electrons. The minimum atomic E-state index is -0.878. The van der Waals surface area contributed by atoms with Crippen LogP contribution in [0.4, 0.5) is 5.95 Å². The van der Waals surface area contributed by atoms with E-state index in [-0.39, 0.29) is 24.3 Å². The van der Waals surface area contributed by atoms with E-state index in [1.54, 1.807) is 11.6 Å². The van der Waals surface area contributed by atoms with Gasteiger partial charge < -0.3 is 19.7 Å². The number of unbranched alkanes of at least 4 members (excludes halogenated alkanes) is 1. The number of hydrogen-bond donors (Lipinski definition) is 3. The summed E-state index contributed by atoms with van der Waals surface area (Å²) in [6.45, 7) is 4.86. The number of fused-ring (bicyclic) bond motifs is 1. The lowest BCUT2D eigenvalue weighted by atomic mass is 10.2. The van der Waals surface area contributed by atoms with E-state index in [1.807, 2.05) is 31.2 Å². The average Bonchev–Trinajstić information content (AvgIpc) is 3.04. The van der Waals surface area contributed by atoms with Crippen LogP contribution in [0.2, 0.25) is 0 Å². The Morgan fingerprint density at radius 3 is 2.86 bits per heavy atom. The van der Waals surface area contributed by atoms with Crippen LogP contribution in [-0.4, -0.2) is 43.5 Å². The molecule has 2 aromatic heterocycles. The lowest BCUT2D eigenvalue weighted by Crippen LogP contribution is -2.31. The highest BCUT2D eigenvalue weighted by Gasteiger charge is 2.19. The molecule has 0 fully saturated rings. The number of aromatic amines is 1. The van der Waals surface area contributed by atoms with E-state index < -0.39 is 17.4 Å². The van der Waals surface area contributed by atoms with Gasteiger partial charge in [-0.05, 0) is 31.0 Å². The molecule has 1 aromatic carbocycles. The lowest BCUT2D eigenvalue weighted by molar-refractivity contribution is 0.0938. The van der Waals surface area contributed by atoms with Gasteiger partial charge >= 0.3 is 5.69 Å². The van der Waals surface area contributed by atoms with Crippen LogP contribution in [0.3, 0.4) is 0 Å². The topological polar surface area (TPSA) is 114 Å². The van der Waals surface area contributed by atoms with Gasteiger partial charge in [0.2, 0.25) is 5.95 Å². The molecule has 3 N–H and O–H groups in total. The van der Waals surface area contributed by atoms with Crippen molar-refractivity contribution in [2.75, 3.05) is 18.5 Å². The third-order valence-corrected chi connectivity index (χ3v) is 4.65. The van der Waals surface area contributed by atoms with Gasteiger partial charge in [0.1, 0.15) is 18.5 Å². The van der Waals surface area contributed by atoms with Gasteiger partial charge in [-0.1, -0.05) is 25.5 Å². The number of aromatic nitrogens is 4. The van der Waals surface area contributed by atoms with Crippen LogP contribution in [0.15, 0.2) is 33.9 Å². The van der Waals surface area contributed by atoms with E-state index in [4.69, 9.17) is 4.74 Å². The van der Waals surface area contributed by atoms with Crippen molar-refractivity contribution in [2.45, 2.75) is 39.3 Å². The molecule has 0 saturated heterocycles. The third-order valence-electron chi connectivity index (χ3n) is 4.65. The van der Waals surface area contributed by atoms with Crippen LogP contribution in [0, 0.1) is 6.92 Å². The van der Waals surface area contributed by atoms with E-state index in [9.17, 15) is 14.7 Å². The summed E-state index contributed by atoms with van der Waals surface area (Å²) >= 11 is 0. The highest BCUT2D eigenvalue weighted by molar-refractivity contribution is 5.74. The first-order chi connectivity index (χ1) is 13.9. The van der Waals surface area contributed by atoms with Crippen molar-refractivity contribution in [3.63, 3.8) is 0 Å². The molecule has 29 heavy (non-hydrogen) atoms. The Balaban J connectivity index is 1.87. The molecule has 3 aromatic rings. The van der Waals surface area contributed by atoms with Crippen molar-refractivity contribution in [1.82, 2.24) is 19.1 Å². The maximum atomic E-state index is 12.4. The van der Waals surface area contributed by atoms with Gasteiger partial charge in [0.05, 0.1) is 6.54 Å². The largest absolute Gasteiger partial charge is 0.491 e. The molecule has 0 aliphatic heterocycles. The van der Waals surface area contributed by atoms with Crippen molar-refractivity contribution in [3.8, 4) is 5.75 Å². The van der Waals surface area contributed by atoms with Crippen LogP contribution < -0.4 is 21.3 Å². The lowest BCUT2D eigenvalue weighted by Gasteiger charge is -2.16. The monoisotopic (exact) mass is 401 g/mol. The first-order valence-corrected chi connectivity index (χ1v) is 9.71. The Morgan fingerprint density at radius 1 is 1.34 bits per heavy atom. The molecular weight excluding hydrogens is 374 g/mol. The van der Waals surface area contributed by atoms with Crippen LogP contribution in [0.5, 0.6) is 5.75 Å². The quantitative estimate of drug-likeness (QED) is 0.467. The molecule has 0 aliphatic rings. The van der Waals surface area contributed by atoms with E-state index in [0.717, 1.165) is 18.4 Å². The predicted molar refractivity (Wildman–Crippen MR) is 112 cm³/mol. The number of H-pyrrole nitrogens is 1. The van der Waals surface area contributed by atoms with Crippen molar-refractivity contribution >= 4 is 17.1 Å². The first kappa shape index (κ1) is 20.7. The Bertz CT molecular complexity index is 1100. The zero-order valence-electron chi connectivity index (χ0n) is 16.9. The SMILES string of the molecule is CCCCNc1nc2c(c(=O)[nH]c(=O)n2C)n1C[C@@H](O)COc1cccc(C)c1. The van der Waals surface area contributed by atoms with E-state index in [1.165, 1.54) is 4.57 Å². The number of aliphatic hydroxyl groups excluding tert-OH is 1. The molecule has 0 amide bonds. The highest BCUT2D eigenvalue weighted by Crippen LogP contribution is 2.17. The Labute approximate surface area is 168 Å². The third kappa shape index (κ3) is 4.68. The van der Waals surface area contributed by atoms with Crippen molar-refractivity contribution in [2.24, 2.45) is 7.05 Å². The number of aliphatic hydroxyl groups is 1. The summed E-state index contributed by atoms with van der Waals surface area (Å²) in [4.78, 5) is 31.1. The fourth-order valence-electron chi connectivity index (χ4n) is 3.09. The molecule has 0 radical (unpaired) electrons. The summed E-state index contributed by atoms with van der Waals surface area (Å²) in [6, 6.07) is 7.56. The van der Waals surface area contributed by atoms with Gasteiger partial charge in [0.25, 0.3) is 5.56 Å². The number of hydrogen-bond acceptors (Lipinski definition) is 6. The summed E-state index contributed by atoms with van der Waals surface area (Å²) in [5.74, 6) is 1.11. The second-order valence-electron chi connectivity index (χ2n) is 7.10. The van der Waals surface area contributed by atoms with E-state index in [0.29, 0.717) is 18.2 Å². The Kier molecular flexibility index (Phi) is 6.38. The maximum Gasteiger partial charge on any atom is 0.329 e. The number of aryl methyl sites for hydroxylation is 2. The van der Waals surface area contributed by atoms with Crippen LogP contribution in [0.1, 0.15) is 25.3 Å². The van der Waals surface area contributed by atoms with Gasteiger partial charge in [0, 0.05) is 13.6 Å². The second-order valence-corrected chi connectivity index (χ2v) is 7.10. The van der Waals surface area contributed by atoms with E-state index in [2.05, 4.69) is 22.2 Å². The summed E-state index contributed by atoms with van der Waals surface area (Å²) in [7, 11) is 1.55. The molecule has 0 bridgehead atoms. The molecule has 0 unspecified atom stereocenters. The van der Waals surface area contributed by atoms with Crippen LogP contribution in [-0.2, 0) is 13.6 Å². The summed E-state index contributed by atoms with van der Waals surface area (Å²) in [6.07, 6.45) is 1.05. The van der Waals surface area contributed by atoms with Crippen molar-refractivity contribution in [3.05, 3.63) is 50.7 Å². The number of nitrogens with one attached hydrogen (secondary N) is 2. The fraction of sp³-hybridized carbons (Fsp3) is 0.450. The normalized spacial score (nSPS) is 12.3. The van der Waals surface area contributed by atoms with Crippen LogP contribution >= 0.6 is 0 Å². The first-order valence-electron chi connectivity index (χ1n) is 9.71. The van der Waals surface area contributed by atoms with Gasteiger partial charge in [0.15, 0.2) is 11.2 Å². The number of nitrogens with zero attached hydrogens (tertiary/aromatic N) is 3. The molecular formula is C20H27N5O4. The minimum Gasteiger partial charge on any atom is -0.491 e. The van der Waals surface area contributed by atoms with Crippen molar-refractivity contribution < 1.29 is 9.84 Å². The van der Waals surface area contributed by atoms with E-state index >= 15 is 0 Å². The molecule has 0 aliphatic carbocycles. The Hall–Kier alpha value is -3.07. The zero-order chi connectivity index (χ0) is 21.0. The molecule has 1 atom stereocenters. The molecule has 9 nitrogen and oxygen atoms in total. The number of benzene rings is 1. The predicted octanol–water partition coefficient (Wildman–Crippen LogP) is 1.38. The van der Waals surface area contributed by atoms with Gasteiger partial charge in [-0.15, -0.1) is 0 Å². The molecule has 9 heteroatoms. The summed E-state index contributed by atoms with van der Waals surface area (Å²) < 4.78 is 8.57.